The maximum atomic E-state index is 5.38. The van der Waals surface area contributed by atoms with E-state index in [9.17, 15) is 0 Å². The van der Waals surface area contributed by atoms with E-state index in [2.05, 4.69) is 84.5 Å². The molecule has 0 aliphatic carbocycles. The minimum Gasteiger partial charge on any atom is -0.779 e. The van der Waals surface area contributed by atoms with Crippen molar-refractivity contribution < 1.29 is 9.97 Å². The van der Waals surface area contributed by atoms with Crippen molar-refractivity contribution in [2.75, 3.05) is 0 Å². The first-order chi connectivity index (χ1) is 16.5. The van der Waals surface area contributed by atoms with Crippen molar-refractivity contribution in [3.8, 4) is 21.1 Å². The molecule has 0 aliphatic heterocycles. The summed E-state index contributed by atoms with van der Waals surface area (Å²) in [4.78, 5) is 8.67. The normalized spacial score (nSPS) is 10.6. The van der Waals surface area contributed by atoms with Gasteiger partial charge in [-0.25, -0.2) is 0 Å². The zero-order chi connectivity index (χ0) is 23.7. The first kappa shape index (κ1) is 25.4. The Hall–Kier alpha value is -2.73. The van der Waals surface area contributed by atoms with Crippen molar-refractivity contribution in [1.29, 1.82) is 0 Å². The molecule has 0 bridgehead atoms. The molecule has 35 heavy (non-hydrogen) atoms. The van der Waals surface area contributed by atoms with Crippen LogP contribution in [0.4, 0.5) is 0 Å². The second-order valence-corrected chi connectivity index (χ2v) is 11.1. The van der Waals surface area contributed by atoms with Crippen LogP contribution in [0.2, 0.25) is 0 Å². The molecule has 0 atom stereocenters. The first-order valence-electron chi connectivity index (χ1n) is 10.9. The third-order valence-corrected chi connectivity index (χ3v) is 8.37. The summed E-state index contributed by atoms with van der Waals surface area (Å²) in [7, 11) is 0. The molecule has 0 aliphatic rings. The molecule has 0 unspecified atom stereocenters. The molecule has 2 N–H and O–H groups in total. The molecule has 0 fully saturated rings. The van der Waals surface area contributed by atoms with Crippen molar-refractivity contribution in [3.63, 3.8) is 0 Å². The molecule has 0 radical (unpaired) electrons. The minimum absolute atomic E-state index is 0. The molecule has 2 nitrogen and oxygen atoms in total. The smallest absolute Gasteiger partial charge is 0.779 e. The molecule has 0 spiro atoms. The number of aryl methyl sites for hydroxylation is 2. The second-order valence-electron chi connectivity index (χ2n) is 8.10. The first-order valence-corrected chi connectivity index (χ1v) is 13.3. The number of fused-ring (bicyclic) bond motifs is 2. The van der Waals surface area contributed by atoms with E-state index in [4.69, 9.17) is 25.3 Å². The van der Waals surface area contributed by atoms with Gasteiger partial charge in [0.1, 0.15) is 9.40 Å². The minimum atomic E-state index is 0. The van der Waals surface area contributed by atoms with Crippen LogP contribution in [0.3, 0.4) is 0 Å². The molecular weight excluding hydrogens is 502 g/mol. The number of benzene rings is 4. The van der Waals surface area contributed by atoms with E-state index in [1.807, 2.05) is 24.3 Å². The van der Waals surface area contributed by atoms with Gasteiger partial charge >= 0.3 is 10.1 Å². The average molecular weight is 524 g/mol. The monoisotopic (exact) mass is 523 g/mol. The van der Waals surface area contributed by atoms with E-state index in [-0.39, 0.29) is 10.1 Å². The Morgan fingerprint density at radius 1 is 0.571 bits per heavy atom. The summed E-state index contributed by atoms with van der Waals surface area (Å²) < 4.78 is 2.52. The number of thiazole rings is 2. The number of hydrogen-bond donors (Lipinski definition) is 0. The molecule has 0 amide bonds. The van der Waals surface area contributed by atoms with Gasteiger partial charge in [-0.15, -0.1) is 0 Å². The molecule has 4 aromatic carbocycles. The number of aromatic nitrogens is 2. The molecular formula is C28H22BeN2S4+2. The summed E-state index contributed by atoms with van der Waals surface area (Å²) in [6, 6.07) is 29.0. The Labute approximate surface area is 228 Å². The zero-order valence-electron chi connectivity index (χ0n) is 19.4. The summed E-state index contributed by atoms with van der Waals surface area (Å²) in [5.41, 5.74) is 7.06. The van der Waals surface area contributed by atoms with Crippen LogP contribution in [0.1, 0.15) is 11.1 Å². The third-order valence-electron chi connectivity index (χ3n) is 5.45. The van der Waals surface area contributed by atoms with Crippen molar-refractivity contribution in [1.82, 2.24) is 0 Å². The van der Waals surface area contributed by atoms with E-state index < -0.39 is 0 Å². The molecule has 7 heteroatoms. The Kier molecular flexibility index (Phi) is 7.90. The van der Waals surface area contributed by atoms with E-state index >= 15 is 0 Å². The molecule has 6 rings (SSSR count). The topological polar surface area (TPSA) is 28.3 Å². The Balaban J connectivity index is 0.000000160. The van der Waals surface area contributed by atoms with Crippen LogP contribution >= 0.6 is 22.7 Å². The molecule has 0 saturated carbocycles. The average Bonchev–Trinajstić information content (AvgIpc) is 3.47. The summed E-state index contributed by atoms with van der Waals surface area (Å²) in [5, 5.41) is 2.28. The van der Waals surface area contributed by atoms with Gasteiger partial charge in [0.2, 0.25) is 11.0 Å². The van der Waals surface area contributed by atoms with Gasteiger partial charge in [0, 0.05) is 23.3 Å². The quantitative estimate of drug-likeness (QED) is 0.184. The van der Waals surface area contributed by atoms with Gasteiger partial charge in [0.25, 0.3) is 10.0 Å². The van der Waals surface area contributed by atoms with Gasteiger partial charge in [-0.2, -0.15) is 19.8 Å². The largest absolute Gasteiger partial charge is 2.00 e. The number of hydrogen-bond acceptors (Lipinski definition) is 4. The van der Waals surface area contributed by atoms with Gasteiger partial charge in [0.05, 0.1) is 0 Å². The van der Waals surface area contributed by atoms with Gasteiger partial charge < -0.3 is 25.3 Å². The fraction of sp³-hybridized carbons (Fsp3) is 0.0714. The van der Waals surface area contributed by atoms with Crippen LogP contribution in [0, 0.1) is 13.8 Å². The molecule has 2 aromatic heterocycles. The van der Waals surface area contributed by atoms with E-state index in [0.717, 1.165) is 30.9 Å². The summed E-state index contributed by atoms with van der Waals surface area (Å²) in [5.74, 6) is 0. The van der Waals surface area contributed by atoms with Crippen LogP contribution in [-0.4, -0.2) is 10.1 Å². The van der Waals surface area contributed by atoms with Crippen LogP contribution < -0.4 is 9.97 Å². The standard InChI is InChI=1S/2C14H11NS2.Be/c2*1-9-6-7-12(16)10(8-9)14-15-11-4-2-3-5-13(11)17-14;/h2*2-8,16H,1H3;/q;;+2. The SMILES string of the molecule is Cc1ccc([S-])c(-c2[nH+]c3ccccc3s2)c1.Cc1ccc([S-])c(-c2[nH+]c3ccccc3s2)c1.[Be+2]. The summed E-state index contributed by atoms with van der Waals surface area (Å²) in [6.45, 7) is 4.18. The van der Waals surface area contributed by atoms with Gasteiger partial charge in [-0.3, -0.25) is 0 Å². The fourth-order valence-corrected chi connectivity index (χ4v) is 6.38. The maximum absolute atomic E-state index is 5.38. The number of rotatable bonds is 2. The second kappa shape index (κ2) is 10.9. The number of H-pyrrole nitrogens is 2. The van der Waals surface area contributed by atoms with Crippen LogP contribution in [-0.2, 0) is 25.3 Å². The van der Waals surface area contributed by atoms with E-state index in [1.165, 1.54) is 31.6 Å². The number of para-hydroxylation sites is 2. The molecule has 2 heterocycles. The van der Waals surface area contributed by atoms with Crippen LogP contribution in [0.15, 0.2) is 94.7 Å². The van der Waals surface area contributed by atoms with E-state index in [0.29, 0.717) is 0 Å². The Bertz CT molecular complexity index is 1430. The molecule has 168 valence electrons. The van der Waals surface area contributed by atoms with Crippen LogP contribution in [0.25, 0.3) is 41.6 Å². The Morgan fingerprint density at radius 3 is 1.37 bits per heavy atom. The van der Waals surface area contributed by atoms with Crippen molar-refractivity contribution in [3.05, 3.63) is 96.1 Å². The number of aromatic amines is 2. The zero-order valence-corrected chi connectivity index (χ0v) is 22.7. The van der Waals surface area contributed by atoms with Gasteiger partial charge in [0.15, 0.2) is 0 Å². The Morgan fingerprint density at radius 2 is 0.971 bits per heavy atom. The van der Waals surface area contributed by atoms with Crippen LogP contribution in [0.5, 0.6) is 0 Å². The van der Waals surface area contributed by atoms with Crippen molar-refractivity contribution >= 4 is 78.5 Å². The molecule has 6 aromatic rings. The van der Waals surface area contributed by atoms with Gasteiger partial charge in [-0.1, -0.05) is 82.3 Å². The molecule has 0 saturated heterocycles. The summed E-state index contributed by atoms with van der Waals surface area (Å²) in [6.07, 6.45) is 0. The van der Waals surface area contributed by atoms with Crippen molar-refractivity contribution in [2.45, 2.75) is 23.6 Å². The van der Waals surface area contributed by atoms with Gasteiger partial charge in [-0.05, 0) is 38.1 Å². The maximum Gasteiger partial charge on any atom is 2.00 e. The summed E-state index contributed by atoms with van der Waals surface area (Å²) >= 11 is 14.3. The third kappa shape index (κ3) is 5.58. The number of nitrogens with one attached hydrogen (secondary N) is 2. The predicted molar refractivity (Wildman–Crippen MR) is 154 cm³/mol. The predicted octanol–water partition coefficient (Wildman–Crippen LogP) is 6.81. The van der Waals surface area contributed by atoms with Crippen molar-refractivity contribution in [2.24, 2.45) is 0 Å². The van der Waals surface area contributed by atoms with E-state index in [1.54, 1.807) is 22.7 Å². The fourth-order valence-electron chi connectivity index (χ4n) is 3.72.